The van der Waals surface area contributed by atoms with Crippen LogP contribution in [0.1, 0.15) is 31.2 Å². The largest absolute Gasteiger partial charge is 0.356 e. The fraction of sp³-hybridized carbons (Fsp3) is 0.692. The molecule has 1 heterocycles. The molecule has 0 atom stereocenters. The molecule has 1 fully saturated rings. The van der Waals surface area contributed by atoms with Crippen molar-refractivity contribution in [3.05, 3.63) is 18.0 Å². The molecule has 2 rings (SSSR count). The van der Waals surface area contributed by atoms with Crippen LogP contribution in [0.25, 0.3) is 0 Å². The molecular weight excluding hydrogens is 353 g/mol. The zero-order valence-electron chi connectivity index (χ0n) is 11.7. The molecule has 0 saturated heterocycles. The summed E-state index contributed by atoms with van der Waals surface area (Å²) in [6.07, 6.45) is 10.1. The molecule has 1 aromatic rings. The maximum atomic E-state index is 4.26. The standard InChI is InChI=1S/C13H23N5.HI/c1-14-13(17-12-5-3-4-6-12)15-8-7-11-9-16-18(2)10-11;/h9-10,12H,3-8H2,1-2H3,(H2,14,15,17);1H. The van der Waals surface area contributed by atoms with E-state index in [-0.39, 0.29) is 24.0 Å². The predicted octanol–water partition coefficient (Wildman–Crippen LogP) is 1.69. The molecule has 0 spiro atoms. The zero-order valence-corrected chi connectivity index (χ0v) is 14.1. The minimum atomic E-state index is 0. The van der Waals surface area contributed by atoms with E-state index < -0.39 is 0 Å². The van der Waals surface area contributed by atoms with Crippen LogP contribution in [0.2, 0.25) is 0 Å². The first-order valence-electron chi connectivity index (χ1n) is 6.72. The Morgan fingerprint density at radius 1 is 1.47 bits per heavy atom. The van der Waals surface area contributed by atoms with E-state index in [1.54, 1.807) is 0 Å². The molecule has 1 saturated carbocycles. The Hall–Kier alpha value is -0.790. The van der Waals surface area contributed by atoms with Gasteiger partial charge >= 0.3 is 0 Å². The molecule has 1 aliphatic carbocycles. The quantitative estimate of drug-likeness (QED) is 0.477. The molecule has 0 radical (unpaired) electrons. The van der Waals surface area contributed by atoms with Crippen molar-refractivity contribution in [3.63, 3.8) is 0 Å². The van der Waals surface area contributed by atoms with E-state index in [1.165, 1.54) is 31.2 Å². The Morgan fingerprint density at radius 2 is 2.21 bits per heavy atom. The Kier molecular flexibility index (Phi) is 7.19. The fourth-order valence-corrected chi connectivity index (χ4v) is 2.38. The van der Waals surface area contributed by atoms with Crippen LogP contribution in [0, 0.1) is 0 Å². The third kappa shape index (κ3) is 5.38. The minimum absolute atomic E-state index is 0. The number of halogens is 1. The first-order valence-corrected chi connectivity index (χ1v) is 6.72. The topological polar surface area (TPSA) is 54.2 Å². The third-order valence-electron chi connectivity index (χ3n) is 3.38. The summed E-state index contributed by atoms with van der Waals surface area (Å²) in [7, 11) is 3.77. The van der Waals surface area contributed by atoms with Gasteiger partial charge in [-0.1, -0.05) is 12.8 Å². The van der Waals surface area contributed by atoms with E-state index in [9.17, 15) is 0 Å². The number of guanidine groups is 1. The lowest BCUT2D eigenvalue weighted by Crippen LogP contribution is -2.42. The van der Waals surface area contributed by atoms with Crippen molar-refractivity contribution in [3.8, 4) is 0 Å². The van der Waals surface area contributed by atoms with Gasteiger partial charge in [-0.05, 0) is 24.8 Å². The molecule has 19 heavy (non-hydrogen) atoms. The fourth-order valence-electron chi connectivity index (χ4n) is 2.38. The molecule has 0 unspecified atom stereocenters. The van der Waals surface area contributed by atoms with E-state index in [2.05, 4.69) is 26.9 Å². The minimum Gasteiger partial charge on any atom is -0.356 e. The monoisotopic (exact) mass is 377 g/mol. The molecule has 108 valence electrons. The molecule has 0 aromatic carbocycles. The number of nitrogens with one attached hydrogen (secondary N) is 2. The van der Waals surface area contributed by atoms with Crippen LogP contribution in [0.3, 0.4) is 0 Å². The first kappa shape index (κ1) is 16.3. The van der Waals surface area contributed by atoms with Crippen molar-refractivity contribution in [2.24, 2.45) is 12.0 Å². The average molecular weight is 377 g/mol. The molecular formula is C13H24IN5. The highest BCUT2D eigenvalue weighted by Gasteiger charge is 2.15. The number of aromatic nitrogens is 2. The van der Waals surface area contributed by atoms with Crippen molar-refractivity contribution in [1.29, 1.82) is 0 Å². The van der Waals surface area contributed by atoms with Gasteiger partial charge in [0.05, 0.1) is 6.20 Å². The lowest BCUT2D eigenvalue weighted by Gasteiger charge is -2.16. The van der Waals surface area contributed by atoms with Crippen molar-refractivity contribution in [2.75, 3.05) is 13.6 Å². The van der Waals surface area contributed by atoms with Crippen LogP contribution in [0.4, 0.5) is 0 Å². The summed E-state index contributed by atoms with van der Waals surface area (Å²) in [5.41, 5.74) is 1.25. The highest BCUT2D eigenvalue weighted by Crippen LogP contribution is 2.17. The molecule has 1 aromatic heterocycles. The Balaban J connectivity index is 0.00000180. The molecule has 0 aliphatic heterocycles. The number of aryl methyl sites for hydroxylation is 1. The summed E-state index contributed by atoms with van der Waals surface area (Å²) >= 11 is 0. The van der Waals surface area contributed by atoms with Gasteiger partial charge in [-0.15, -0.1) is 24.0 Å². The summed E-state index contributed by atoms with van der Waals surface area (Å²) in [4.78, 5) is 4.26. The van der Waals surface area contributed by atoms with Gasteiger partial charge in [-0.3, -0.25) is 9.67 Å². The van der Waals surface area contributed by atoms with Crippen molar-refractivity contribution >= 4 is 29.9 Å². The van der Waals surface area contributed by atoms with E-state index in [4.69, 9.17) is 0 Å². The van der Waals surface area contributed by atoms with E-state index >= 15 is 0 Å². The smallest absolute Gasteiger partial charge is 0.191 e. The summed E-state index contributed by atoms with van der Waals surface area (Å²) in [6, 6.07) is 0.606. The first-order chi connectivity index (χ1) is 8.78. The highest BCUT2D eigenvalue weighted by molar-refractivity contribution is 14.0. The highest BCUT2D eigenvalue weighted by atomic mass is 127. The van der Waals surface area contributed by atoms with E-state index in [0.717, 1.165) is 18.9 Å². The number of nitrogens with zero attached hydrogens (tertiary/aromatic N) is 3. The van der Waals surface area contributed by atoms with E-state index in [0.29, 0.717) is 6.04 Å². The van der Waals surface area contributed by atoms with Gasteiger partial charge in [0.15, 0.2) is 5.96 Å². The third-order valence-corrected chi connectivity index (χ3v) is 3.38. The summed E-state index contributed by atoms with van der Waals surface area (Å²) in [5, 5.41) is 11.0. The Morgan fingerprint density at radius 3 is 2.79 bits per heavy atom. The van der Waals surface area contributed by atoms with Gasteiger partial charge in [-0.2, -0.15) is 5.10 Å². The van der Waals surface area contributed by atoms with Crippen LogP contribution in [-0.2, 0) is 13.5 Å². The lowest BCUT2D eigenvalue weighted by atomic mass is 10.2. The van der Waals surface area contributed by atoms with Crippen molar-refractivity contribution in [1.82, 2.24) is 20.4 Å². The Labute approximate surface area is 132 Å². The molecule has 1 aliphatic rings. The number of hydrogen-bond acceptors (Lipinski definition) is 2. The van der Waals surface area contributed by atoms with Crippen LogP contribution in [0.5, 0.6) is 0 Å². The van der Waals surface area contributed by atoms with E-state index in [1.807, 2.05) is 25.0 Å². The zero-order chi connectivity index (χ0) is 12.8. The maximum absolute atomic E-state index is 4.26. The SMILES string of the molecule is CN=C(NCCc1cnn(C)c1)NC1CCCC1.I. The summed E-state index contributed by atoms with van der Waals surface area (Å²) < 4.78 is 1.83. The molecule has 2 N–H and O–H groups in total. The number of hydrogen-bond donors (Lipinski definition) is 2. The number of aliphatic imine (C=N–C) groups is 1. The molecule has 0 bridgehead atoms. The Bertz CT molecular complexity index is 395. The van der Waals surface area contributed by atoms with Crippen LogP contribution < -0.4 is 10.6 Å². The second kappa shape index (κ2) is 8.39. The van der Waals surface area contributed by atoms with Crippen molar-refractivity contribution in [2.45, 2.75) is 38.1 Å². The summed E-state index contributed by atoms with van der Waals surface area (Å²) in [5.74, 6) is 0.922. The van der Waals surface area contributed by atoms with Crippen LogP contribution in [0.15, 0.2) is 17.4 Å². The molecule has 0 amide bonds. The van der Waals surface area contributed by atoms with Gasteiger partial charge in [0.25, 0.3) is 0 Å². The van der Waals surface area contributed by atoms with Gasteiger partial charge < -0.3 is 10.6 Å². The van der Waals surface area contributed by atoms with Crippen LogP contribution in [-0.4, -0.2) is 35.4 Å². The summed E-state index contributed by atoms with van der Waals surface area (Å²) in [6.45, 7) is 0.887. The van der Waals surface area contributed by atoms with Crippen LogP contribution >= 0.6 is 24.0 Å². The van der Waals surface area contributed by atoms with Gasteiger partial charge in [0, 0.05) is 32.9 Å². The predicted molar refractivity (Wildman–Crippen MR) is 89.1 cm³/mol. The molecule has 5 nitrogen and oxygen atoms in total. The van der Waals surface area contributed by atoms with Gasteiger partial charge in [0.1, 0.15) is 0 Å². The van der Waals surface area contributed by atoms with Gasteiger partial charge in [-0.25, -0.2) is 0 Å². The number of rotatable bonds is 4. The second-order valence-corrected chi connectivity index (χ2v) is 4.90. The average Bonchev–Trinajstić information content (AvgIpc) is 3.00. The van der Waals surface area contributed by atoms with Gasteiger partial charge in [0.2, 0.25) is 0 Å². The normalized spacial score (nSPS) is 16.2. The second-order valence-electron chi connectivity index (χ2n) is 4.90. The maximum Gasteiger partial charge on any atom is 0.191 e. The lowest BCUT2D eigenvalue weighted by molar-refractivity contribution is 0.613. The van der Waals surface area contributed by atoms with Crippen molar-refractivity contribution < 1.29 is 0 Å². The molecule has 6 heteroatoms.